The lowest BCUT2D eigenvalue weighted by molar-refractivity contribution is 0.420. The van der Waals surface area contributed by atoms with Gasteiger partial charge in [-0.3, -0.25) is 0 Å². The molecule has 1 aliphatic rings. The monoisotopic (exact) mass is 236 g/mol. The fourth-order valence-corrected chi connectivity index (χ4v) is 2.33. The Balaban J connectivity index is 2.07. The smallest absolute Gasteiger partial charge is 0.130 e. The minimum absolute atomic E-state index is 0.552. The molecule has 1 aliphatic carbocycles. The Morgan fingerprint density at radius 3 is 2.81 bits per heavy atom. The first-order chi connectivity index (χ1) is 7.75. The van der Waals surface area contributed by atoms with Crippen LogP contribution in [0.15, 0.2) is 18.3 Å². The van der Waals surface area contributed by atoms with Gasteiger partial charge in [0.25, 0.3) is 0 Å². The molecule has 0 spiro atoms. The molecule has 0 amide bonds. The normalized spacial score (nSPS) is 18.1. The third-order valence-corrected chi connectivity index (χ3v) is 3.32. The van der Waals surface area contributed by atoms with Crippen LogP contribution in [0.2, 0.25) is 5.02 Å². The molecule has 16 heavy (non-hydrogen) atoms. The second-order valence-corrected chi connectivity index (χ2v) is 4.82. The quantitative estimate of drug-likeness (QED) is 0.846. The van der Waals surface area contributed by atoms with Gasteiger partial charge in [0.2, 0.25) is 0 Å². The van der Waals surface area contributed by atoms with Crippen LogP contribution in [-0.4, -0.2) is 4.98 Å². The fourth-order valence-electron chi connectivity index (χ4n) is 2.17. The molecule has 0 unspecified atom stereocenters. The average Bonchev–Trinajstić information content (AvgIpc) is 2.32. The summed E-state index contributed by atoms with van der Waals surface area (Å²) in [6, 6.07) is 1.86. The lowest BCUT2D eigenvalue weighted by Gasteiger charge is -2.17. The lowest BCUT2D eigenvalue weighted by Crippen LogP contribution is -2.02. The molecule has 1 aromatic rings. The highest BCUT2D eigenvalue weighted by atomic mass is 35.5. The van der Waals surface area contributed by atoms with Crippen molar-refractivity contribution in [1.82, 2.24) is 4.98 Å². The highest BCUT2D eigenvalue weighted by molar-refractivity contribution is 6.30. The maximum absolute atomic E-state index is 5.89. The summed E-state index contributed by atoms with van der Waals surface area (Å²) in [4.78, 5) is 4.04. The SMILES string of the molecule is Nc1ncc(Cl)cc1/C=C/C1CCCCC1. The third kappa shape index (κ3) is 2.99. The molecular formula is C13H17ClN2. The molecule has 3 heteroatoms. The number of halogens is 1. The maximum atomic E-state index is 5.89. The topological polar surface area (TPSA) is 38.9 Å². The van der Waals surface area contributed by atoms with Crippen molar-refractivity contribution in [2.75, 3.05) is 5.73 Å². The number of rotatable bonds is 2. The number of hydrogen-bond acceptors (Lipinski definition) is 2. The van der Waals surface area contributed by atoms with Gasteiger partial charge in [-0.15, -0.1) is 0 Å². The second kappa shape index (κ2) is 5.35. The molecule has 0 aromatic carbocycles. The molecule has 2 rings (SSSR count). The summed E-state index contributed by atoms with van der Waals surface area (Å²) in [6.07, 6.45) is 12.6. The zero-order valence-electron chi connectivity index (χ0n) is 9.32. The predicted molar refractivity (Wildman–Crippen MR) is 69.3 cm³/mol. The van der Waals surface area contributed by atoms with Gasteiger partial charge in [-0.05, 0) is 24.8 Å². The minimum atomic E-state index is 0.552. The number of nitrogens with two attached hydrogens (primary N) is 1. The van der Waals surface area contributed by atoms with Crippen molar-refractivity contribution in [1.29, 1.82) is 0 Å². The zero-order chi connectivity index (χ0) is 11.4. The number of allylic oxidation sites excluding steroid dienone is 1. The first-order valence-corrected chi connectivity index (χ1v) is 6.23. The van der Waals surface area contributed by atoms with E-state index in [1.165, 1.54) is 32.1 Å². The van der Waals surface area contributed by atoms with E-state index in [4.69, 9.17) is 17.3 Å². The molecule has 0 atom stereocenters. The number of nitrogen functional groups attached to an aromatic ring is 1. The fraction of sp³-hybridized carbons (Fsp3) is 0.462. The molecule has 2 N–H and O–H groups in total. The molecule has 86 valence electrons. The Kier molecular flexibility index (Phi) is 3.83. The van der Waals surface area contributed by atoms with Crippen LogP contribution < -0.4 is 5.73 Å². The minimum Gasteiger partial charge on any atom is -0.383 e. The third-order valence-electron chi connectivity index (χ3n) is 3.11. The molecule has 1 aromatic heterocycles. The first kappa shape index (κ1) is 11.5. The summed E-state index contributed by atoms with van der Waals surface area (Å²) in [6.45, 7) is 0. The van der Waals surface area contributed by atoms with Crippen molar-refractivity contribution >= 4 is 23.5 Å². The van der Waals surface area contributed by atoms with E-state index in [1.54, 1.807) is 6.20 Å². The van der Waals surface area contributed by atoms with Gasteiger partial charge in [-0.2, -0.15) is 0 Å². The largest absolute Gasteiger partial charge is 0.383 e. The molecular weight excluding hydrogens is 220 g/mol. The Bertz CT molecular complexity index is 382. The summed E-state index contributed by atoms with van der Waals surface area (Å²) in [5.41, 5.74) is 6.71. The van der Waals surface area contributed by atoms with E-state index < -0.39 is 0 Å². The van der Waals surface area contributed by atoms with Crippen LogP contribution in [0, 0.1) is 5.92 Å². The van der Waals surface area contributed by atoms with Gasteiger partial charge in [0.15, 0.2) is 0 Å². The van der Waals surface area contributed by atoms with Gasteiger partial charge in [-0.25, -0.2) is 4.98 Å². The van der Waals surface area contributed by atoms with E-state index >= 15 is 0 Å². The van der Waals surface area contributed by atoms with Crippen LogP contribution in [0.1, 0.15) is 37.7 Å². The highest BCUT2D eigenvalue weighted by Crippen LogP contribution is 2.26. The van der Waals surface area contributed by atoms with Crippen LogP contribution in [0.5, 0.6) is 0 Å². The summed E-state index contributed by atoms with van der Waals surface area (Å²) in [5.74, 6) is 1.25. The van der Waals surface area contributed by atoms with Gasteiger partial charge < -0.3 is 5.73 Å². The molecule has 0 saturated heterocycles. The van der Waals surface area contributed by atoms with Crippen molar-refractivity contribution in [3.63, 3.8) is 0 Å². The molecule has 1 heterocycles. The Labute approximate surface area is 102 Å². The predicted octanol–water partition coefficient (Wildman–Crippen LogP) is 3.91. The average molecular weight is 237 g/mol. The number of pyridine rings is 1. The number of hydrogen-bond donors (Lipinski definition) is 1. The van der Waals surface area contributed by atoms with E-state index in [0.29, 0.717) is 16.8 Å². The Hall–Kier alpha value is -1.02. The second-order valence-electron chi connectivity index (χ2n) is 4.39. The molecule has 0 bridgehead atoms. The van der Waals surface area contributed by atoms with Crippen LogP contribution >= 0.6 is 11.6 Å². The molecule has 0 aliphatic heterocycles. The van der Waals surface area contributed by atoms with E-state index in [9.17, 15) is 0 Å². The molecule has 0 radical (unpaired) electrons. The van der Waals surface area contributed by atoms with Crippen molar-refractivity contribution in [2.45, 2.75) is 32.1 Å². The van der Waals surface area contributed by atoms with Gasteiger partial charge in [0, 0.05) is 11.8 Å². The van der Waals surface area contributed by atoms with Gasteiger partial charge >= 0.3 is 0 Å². The molecule has 2 nitrogen and oxygen atoms in total. The number of nitrogens with zero attached hydrogens (tertiary/aromatic N) is 1. The van der Waals surface area contributed by atoms with Gasteiger partial charge in [0.05, 0.1) is 5.02 Å². The van der Waals surface area contributed by atoms with E-state index in [2.05, 4.69) is 17.1 Å². The van der Waals surface area contributed by atoms with Crippen molar-refractivity contribution in [3.8, 4) is 0 Å². The van der Waals surface area contributed by atoms with Crippen LogP contribution in [0.4, 0.5) is 5.82 Å². The van der Waals surface area contributed by atoms with Crippen LogP contribution in [-0.2, 0) is 0 Å². The van der Waals surface area contributed by atoms with Crippen LogP contribution in [0.25, 0.3) is 6.08 Å². The van der Waals surface area contributed by atoms with Crippen LogP contribution in [0.3, 0.4) is 0 Å². The number of aromatic nitrogens is 1. The van der Waals surface area contributed by atoms with Gasteiger partial charge in [0.1, 0.15) is 5.82 Å². The summed E-state index contributed by atoms with van der Waals surface area (Å²) < 4.78 is 0. The molecule has 1 fully saturated rings. The van der Waals surface area contributed by atoms with Gasteiger partial charge in [-0.1, -0.05) is 43.0 Å². The first-order valence-electron chi connectivity index (χ1n) is 5.85. The van der Waals surface area contributed by atoms with Crippen molar-refractivity contribution in [2.24, 2.45) is 5.92 Å². The Morgan fingerprint density at radius 1 is 1.31 bits per heavy atom. The maximum Gasteiger partial charge on any atom is 0.130 e. The van der Waals surface area contributed by atoms with Crippen molar-refractivity contribution in [3.05, 3.63) is 28.9 Å². The summed E-state index contributed by atoms with van der Waals surface area (Å²) >= 11 is 5.89. The summed E-state index contributed by atoms with van der Waals surface area (Å²) in [7, 11) is 0. The number of anilines is 1. The van der Waals surface area contributed by atoms with E-state index in [1.807, 2.05) is 6.07 Å². The standard InChI is InChI=1S/C13H17ClN2/c14-12-8-11(13(15)16-9-12)7-6-10-4-2-1-3-5-10/h6-10H,1-5H2,(H2,15,16)/b7-6+. The highest BCUT2D eigenvalue weighted by Gasteiger charge is 2.09. The Morgan fingerprint density at radius 2 is 2.06 bits per heavy atom. The van der Waals surface area contributed by atoms with E-state index in [0.717, 1.165) is 5.56 Å². The molecule has 1 saturated carbocycles. The van der Waals surface area contributed by atoms with E-state index in [-0.39, 0.29) is 0 Å². The summed E-state index contributed by atoms with van der Waals surface area (Å²) in [5, 5.41) is 0.637. The zero-order valence-corrected chi connectivity index (χ0v) is 10.1. The van der Waals surface area contributed by atoms with Crippen molar-refractivity contribution < 1.29 is 0 Å². The lowest BCUT2D eigenvalue weighted by atomic mass is 9.89.